The highest BCUT2D eigenvalue weighted by Crippen LogP contribution is 2.42. The number of carbonyl (C=O) groups is 3. The number of imidazole rings is 1. The molecule has 4 atom stereocenters. The number of anilines is 3. The molecule has 1 aliphatic rings. The number of hydrogen-bond acceptors (Lipinski definition) is 11. The molecule has 0 bridgehead atoms. The Bertz CT molecular complexity index is 2920. The first-order valence-corrected chi connectivity index (χ1v) is 23.3. The van der Waals surface area contributed by atoms with Crippen LogP contribution in [0, 0.1) is 38.9 Å². The van der Waals surface area contributed by atoms with Gasteiger partial charge in [-0.15, -0.1) is 11.3 Å². The van der Waals surface area contributed by atoms with Gasteiger partial charge >= 0.3 is 0 Å². The molecule has 3 aromatic heterocycles. The van der Waals surface area contributed by atoms with Crippen molar-refractivity contribution in [1.29, 1.82) is 0 Å². The lowest BCUT2D eigenvalue weighted by Gasteiger charge is -2.35. The molecule has 0 radical (unpaired) electrons. The predicted molar refractivity (Wildman–Crippen MR) is 260 cm³/mol. The number of aromatic nitrogens is 4. The Morgan fingerprint density at radius 3 is 2.38 bits per heavy atom. The average molecular weight is 939 g/mol. The van der Waals surface area contributed by atoms with Crippen LogP contribution in [0.5, 0.6) is 5.75 Å². The summed E-state index contributed by atoms with van der Waals surface area (Å²) in [6.45, 7) is 14.6. The fourth-order valence-electron chi connectivity index (χ4n) is 8.65. The van der Waals surface area contributed by atoms with Gasteiger partial charge in [0, 0.05) is 54.1 Å². The number of nitrogens with zero attached hydrogens (tertiary/aromatic N) is 6. The zero-order valence-electron chi connectivity index (χ0n) is 39.3. The van der Waals surface area contributed by atoms with Crippen molar-refractivity contribution >= 4 is 46.1 Å². The van der Waals surface area contributed by atoms with Crippen molar-refractivity contribution in [3.05, 3.63) is 143 Å². The van der Waals surface area contributed by atoms with E-state index in [1.165, 1.54) is 17.3 Å². The summed E-state index contributed by atoms with van der Waals surface area (Å²) in [5.74, 6) is -0.840. The summed E-state index contributed by atoms with van der Waals surface area (Å²) < 4.78 is 28.6. The minimum Gasteiger partial charge on any atom is -0.484 e. The van der Waals surface area contributed by atoms with Gasteiger partial charge in [0.25, 0.3) is 5.91 Å². The third-order valence-electron chi connectivity index (χ3n) is 12.2. The van der Waals surface area contributed by atoms with E-state index >= 15 is 4.39 Å². The molecule has 4 aromatic carbocycles. The first-order valence-electron chi connectivity index (χ1n) is 22.4. The summed E-state index contributed by atoms with van der Waals surface area (Å²) >= 11 is 1.57. The largest absolute Gasteiger partial charge is 0.484 e. The molecule has 8 rings (SSSR count). The third-order valence-corrected chi connectivity index (χ3v) is 13.2. The molecule has 1 aliphatic heterocycles. The number of amides is 3. The Kier molecular flexibility index (Phi) is 13.6. The van der Waals surface area contributed by atoms with Crippen molar-refractivity contribution in [2.24, 2.45) is 5.41 Å². The van der Waals surface area contributed by atoms with Crippen LogP contribution in [0.15, 0.2) is 114 Å². The Hall–Kier alpha value is -7.17. The number of benzene rings is 4. The maximum atomic E-state index is 15.4. The molecule has 352 valence electrons. The van der Waals surface area contributed by atoms with Crippen LogP contribution in [0.4, 0.5) is 21.5 Å². The van der Waals surface area contributed by atoms with E-state index in [9.17, 15) is 19.5 Å². The van der Waals surface area contributed by atoms with Crippen LogP contribution < -0.4 is 20.3 Å². The van der Waals surface area contributed by atoms with Gasteiger partial charge in [0.1, 0.15) is 29.4 Å². The highest BCUT2D eigenvalue weighted by molar-refractivity contribution is 7.13. The Morgan fingerprint density at radius 2 is 1.71 bits per heavy atom. The van der Waals surface area contributed by atoms with Gasteiger partial charge in [-0.05, 0) is 98.7 Å². The number of aryl methyl sites for hydroxylation is 4. The number of aliphatic hydroxyl groups is 1. The van der Waals surface area contributed by atoms with Crippen molar-refractivity contribution in [1.82, 2.24) is 35.2 Å². The quantitative estimate of drug-likeness (QED) is 0.0956. The van der Waals surface area contributed by atoms with E-state index in [1.807, 2.05) is 114 Å². The second-order valence-electron chi connectivity index (χ2n) is 18.3. The molecule has 1 fully saturated rings. The fraction of sp³-hybridized carbons (Fsp3) is 0.308. The summed E-state index contributed by atoms with van der Waals surface area (Å²) in [4.78, 5) is 54.9. The smallest absolute Gasteiger partial charge is 0.258 e. The molecule has 68 heavy (non-hydrogen) atoms. The minimum absolute atomic E-state index is 0.0571. The van der Waals surface area contributed by atoms with Gasteiger partial charge in [-0.1, -0.05) is 68.4 Å². The average Bonchev–Trinajstić information content (AvgIpc) is 4.14. The highest BCUT2D eigenvalue weighted by Gasteiger charge is 2.45. The predicted octanol–water partition coefficient (Wildman–Crippen LogP) is 9.24. The number of hydrogen-bond donors (Lipinski definition) is 3. The lowest BCUT2D eigenvalue weighted by Crippen LogP contribution is -2.58. The number of aliphatic hydroxyl groups excluding tert-OH is 1. The molecule has 7 aromatic rings. The van der Waals surface area contributed by atoms with E-state index in [0.717, 1.165) is 49.8 Å². The highest BCUT2D eigenvalue weighted by atomic mass is 32.1. The van der Waals surface area contributed by atoms with Crippen LogP contribution in [0.1, 0.15) is 68.4 Å². The lowest BCUT2D eigenvalue weighted by molar-refractivity contribution is -0.144. The summed E-state index contributed by atoms with van der Waals surface area (Å²) in [6.07, 6.45) is 3.92. The summed E-state index contributed by atoms with van der Waals surface area (Å²) in [5, 5.41) is 20.9. The molecule has 0 saturated carbocycles. The van der Waals surface area contributed by atoms with Gasteiger partial charge < -0.3 is 39.4 Å². The van der Waals surface area contributed by atoms with Gasteiger partial charge in [0.2, 0.25) is 11.8 Å². The standard InChI is InChI=1S/C52H55FN8O6S/c1-30-12-13-37(47-32(3)58-67-34(47)5)22-43(30)61(39-18-19-42(53)44(24-39)59-21-20-54-28-59)38-10-9-11-41(23-38)66-27-46(63)57-49(52(6,7)8)51(65)60-26-40(62)25-45(60)50(64)56-31(2)35-14-16-36(17-15-35)48-33(4)55-29-68-48/h9-24,28-29,31,40,45,49,62H,25-27H2,1-8H3,(H,56,64)(H,57,63)/t31-,40+,45-,49+/m0/s1. The van der Waals surface area contributed by atoms with E-state index in [4.69, 9.17) is 9.26 Å². The monoisotopic (exact) mass is 938 g/mol. The summed E-state index contributed by atoms with van der Waals surface area (Å²) in [7, 11) is 0. The summed E-state index contributed by atoms with van der Waals surface area (Å²) in [5.41, 5.74) is 9.69. The second kappa shape index (κ2) is 19.6. The molecule has 16 heteroatoms. The minimum atomic E-state index is -1.06. The molecular formula is C52H55FN8O6S. The molecule has 3 N–H and O–H groups in total. The maximum Gasteiger partial charge on any atom is 0.258 e. The third kappa shape index (κ3) is 10.1. The zero-order valence-corrected chi connectivity index (χ0v) is 40.1. The van der Waals surface area contributed by atoms with Crippen LogP contribution in [0.3, 0.4) is 0 Å². The SMILES string of the molecule is Cc1ccc(-c2c(C)noc2C)cc1N(c1cccc(OCC(=O)N[C@H](C(=O)N2C[C@H](O)C[C@H]2C(=O)N[C@@H](C)c2ccc(-c3scnc3C)cc2)C(C)(C)C)c1)c1ccc(F)c(-n2ccnc2)c1. The Labute approximate surface area is 398 Å². The normalized spacial score (nSPS) is 15.8. The molecule has 3 amide bonds. The van der Waals surface area contributed by atoms with Crippen LogP contribution >= 0.6 is 11.3 Å². The van der Waals surface area contributed by atoms with E-state index in [1.54, 1.807) is 58.6 Å². The van der Waals surface area contributed by atoms with Crippen molar-refractivity contribution in [2.75, 3.05) is 18.1 Å². The van der Waals surface area contributed by atoms with E-state index in [-0.39, 0.29) is 19.0 Å². The summed E-state index contributed by atoms with van der Waals surface area (Å²) in [6, 6.07) is 23.6. The van der Waals surface area contributed by atoms with E-state index in [2.05, 4.69) is 25.8 Å². The number of ether oxygens (including phenoxy) is 1. The molecular weight excluding hydrogens is 884 g/mol. The topological polar surface area (TPSA) is 168 Å². The molecule has 0 unspecified atom stereocenters. The fourth-order valence-corrected chi connectivity index (χ4v) is 9.46. The van der Waals surface area contributed by atoms with Gasteiger partial charge in [-0.25, -0.2) is 14.4 Å². The number of halogens is 1. The Balaban J connectivity index is 0.997. The van der Waals surface area contributed by atoms with Crippen molar-refractivity contribution in [3.8, 4) is 33.0 Å². The zero-order chi connectivity index (χ0) is 48.4. The van der Waals surface area contributed by atoms with Gasteiger partial charge in [0.05, 0.1) is 45.9 Å². The number of likely N-dealkylation sites (tertiary alicyclic amines) is 1. The number of rotatable bonds is 14. The van der Waals surface area contributed by atoms with Crippen LogP contribution in [-0.4, -0.2) is 78.8 Å². The Morgan fingerprint density at radius 1 is 0.956 bits per heavy atom. The lowest BCUT2D eigenvalue weighted by atomic mass is 9.85. The van der Waals surface area contributed by atoms with Crippen molar-refractivity contribution in [3.63, 3.8) is 0 Å². The number of carbonyl (C=O) groups excluding carboxylic acids is 3. The first kappa shape index (κ1) is 47.3. The van der Waals surface area contributed by atoms with E-state index in [0.29, 0.717) is 28.6 Å². The molecule has 0 aliphatic carbocycles. The van der Waals surface area contributed by atoms with Crippen LogP contribution in [-0.2, 0) is 14.4 Å². The molecule has 0 spiro atoms. The first-order chi connectivity index (χ1) is 32.5. The number of β-amino-alcohol motifs (C(OH)–C–C–N with tert-alkyl or cyclic N) is 1. The van der Waals surface area contributed by atoms with Crippen LogP contribution in [0.25, 0.3) is 27.3 Å². The molecule has 4 heterocycles. The van der Waals surface area contributed by atoms with E-state index < -0.39 is 53.7 Å². The van der Waals surface area contributed by atoms with Crippen molar-refractivity contribution in [2.45, 2.75) is 86.0 Å². The molecule has 14 nitrogen and oxygen atoms in total. The van der Waals surface area contributed by atoms with Crippen LogP contribution in [0.2, 0.25) is 0 Å². The number of thiazole rings is 1. The second-order valence-corrected chi connectivity index (χ2v) is 19.2. The number of nitrogens with one attached hydrogen (secondary N) is 2. The van der Waals surface area contributed by atoms with Gasteiger partial charge in [-0.3, -0.25) is 14.4 Å². The molecule has 1 saturated heterocycles. The van der Waals surface area contributed by atoms with Crippen molar-refractivity contribution < 1.29 is 33.1 Å². The van der Waals surface area contributed by atoms with Gasteiger partial charge in [-0.2, -0.15) is 0 Å². The maximum absolute atomic E-state index is 15.4. The van der Waals surface area contributed by atoms with Gasteiger partial charge in [0.15, 0.2) is 6.61 Å².